The average molecular weight is 351 g/mol. The van der Waals surface area contributed by atoms with Crippen LogP contribution in [-0.4, -0.2) is 50.3 Å². The van der Waals surface area contributed by atoms with Gasteiger partial charge in [0.2, 0.25) is 0 Å². The van der Waals surface area contributed by atoms with E-state index in [1.54, 1.807) is 0 Å². The van der Waals surface area contributed by atoms with Crippen LogP contribution in [0, 0.1) is 0 Å². The summed E-state index contributed by atoms with van der Waals surface area (Å²) in [5.41, 5.74) is 3.50. The number of aromatic nitrogens is 4. The summed E-state index contributed by atoms with van der Waals surface area (Å²) in [5, 5.41) is 9.01. The first-order valence-corrected chi connectivity index (χ1v) is 9.17. The minimum Gasteiger partial charge on any atom is -0.375 e. The fourth-order valence-electron chi connectivity index (χ4n) is 3.57. The molecule has 6 heteroatoms. The molecule has 1 fully saturated rings. The molecule has 0 saturated carbocycles. The molecule has 0 N–H and O–H groups in total. The third-order valence-corrected chi connectivity index (χ3v) is 4.73. The lowest BCUT2D eigenvalue weighted by molar-refractivity contribution is 0.0391. The molecule has 0 radical (unpaired) electrons. The van der Waals surface area contributed by atoms with Crippen molar-refractivity contribution in [3.63, 3.8) is 0 Å². The molecule has 3 heterocycles. The number of aryl methyl sites for hydroxylation is 1. The number of hydrogen-bond donors (Lipinski definition) is 0. The maximum absolute atomic E-state index is 6.04. The van der Waals surface area contributed by atoms with Gasteiger partial charge in [-0.15, -0.1) is 0 Å². The van der Waals surface area contributed by atoms with Crippen molar-refractivity contribution in [1.82, 2.24) is 24.5 Å². The molecule has 0 spiro atoms. The largest absolute Gasteiger partial charge is 0.375 e. The highest BCUT2D eigenvalue weighted by molar-refractivity contribution is 5.62. The first-order chi connectivity index (χ1) is 12.8. The average Bonchev–Trinajstić information content (AvgIpc) is 3.22. The molecular formula is C20H25N5O. The van der Waals surface area contributed by atoms with E-state index in [-0.39, 0.29) is 6.10 Å². The highest BCUT2D eigenvalue weighted by Crippen LogP contribution is 2.23. The molecule has 136 valence electrons. The zero-order valence-electron chi connectivity index (χ0n) is 15.2. The Kier molecular flexibility index (Phi) is 5.13. The van der Waals surface area contributed by atoms with Gasteiger partial charge in [-0.05, 0) is 12.5 Å². The lowest BCUT2D eigenvalue weighted by Crippen LogP contribution is -2.34. The molecule has 0 unspecified atom stereocenters. The summed E-state index contributed by atoms with van der Waals surface area (Å²) in [4.78, 5) is 2.48. The predicted molar refractivity (Wildman–Crippen MR) is 101 cm³/mol. The minimum atomic E-state index is 0.161. The Bertz CT molecular complexity index is 812. The molecular weight excluding hydrogens is 326 g/mol. The Morgan fingerprint density at radius 2 is 2.08 bits per heavy atom. The van der Waals surface area contributed by atoms with Gasteiger partial charge in [0.15, 0.2) is 0 Å². The van der Waals surface area contributed by atoms with E-state index in [9.17, 15) is 0 Å². The Balaban J connectivity index is 1.49. The zero-order chi connectivity index (χ0) is 17.8. The van der Waals surface area contributed by atoms with E-state index < -0.39 is 0 Å². The van der Waals surface area contributed by atoms with Crippen LogP contribution in [-0.2, 0) is 24.9 Å². The van der Waals surface area contributed by atoms with Gasteiger partial charge in [-0.3, -0.25) is 14.3 Å². The molecule has 0 aliphatic carbocycles. The van der Waals surface area contributed by atoms with Gasteiger partial charge >= 0.3 is 0 Å². The van der Waals surface area contributed by atoms with Crippen molar-refractivity contribution in [2.45, 2.75) is 25.6 Å². The summed E-state index contributed by atoms with van der Waals surface area (Å²) in [5.74, 6) is 0. The molecule has 1 aliphatic heterocycles. The molecule has 2 aromatic heterocycles. The summed E-state index contributed by atoms with van der Waals surface area (Å²) in [6, 6.07) is 12.4. The minimum absolute atomic E-state index is 0.161. The van der Waals surface area contributed by atoms with Crippen molar-refractivity contribution in [2.24, 2.45) is 7.05 Å². The fraction of sp³-hybridized carbons (Fsp3) is 0.400. The van der Waals surface area contributed by atoms with Crippen LogP contribution in [0.15, 0.2) is 55.0 Å². The molecule has 1 atom stereocenters. The van der Waals surface area contributed by atoms with Crippen molar-refractivity contribution in [2.75, 3.05) is 19.7 Å². The smallest absolute Gasteiger partial charge is 0.0968 e. The molecule has 6 nitrogen and oxygen atoms in total. The number of hydrogen-bond acceptors (Lipinski definition) is 4. The number of rotatable bonds is 5. The lowest BCUT2D eigenvalue weighted by atomic mass is 10.1. The molecule has 3 aromatic rings. The standard InChI is InChI=1S/C20H25N5O/c1-23-13-18(20(22-23)17-7-3-2-4-8-17)14-24-10-6-12-26-19(15-24)16-25-11-5-9-21-25/h2-5,7-9,11,13,19H,6,10,12,14-16H2,1H3/t19-/m1/s1. The molecule has 4 rings (SSSR count). The van der Waals surface area contributed by atoms with E-state index in [1.165, 1.54) is 11.1 Å². The van der Waals surface area contributed by atoms with E-state index in [0.29, 0.717) is 0 Å². The Hall–Kier alpha value is -2.44. The third-order valence-electron chi connectivity index (χ3n) is 4.73. The van der Waals surface area contributed by atoms with Crippen LogP contribution < -0.4 is 0 Å². The van der Waals surface area contributed by atoms with Crippen LogP contribution in [0.1, 0.15) is 12.0 Å². The quantitative estimate of drug-likeness (QED) is 0.709. The van der Waals surface area contributed by atoms with Gasteiger partial charge in [-0.2, -0.15) is 10.2 Å². The van der Waals surface area contributed by atoms with Gasteiger partial charge in [0.05, 0.1) is 18.3 Å². The first kappa shape index (κ1) is 17.0. The molecule has 0 bridgehead atoms. The van der Waals surface area contributed by atoms with Crippen LogP contribution in [0.3, 0.4) is 0 Å². The summed E-state index contributed by atoms with van der Waals surface area (Å²) in [6.07, 6.45) is 7.16. The lowest BCUT2D eigenvalue weighted by Gasteiger charge is -2.23. The van der Waals surface area contributed by atoms with Gasteiger partial charge in [-0.25, -0.2) is 0 Å². The third kappa shape index (κ3) is 4.03. The summed E-state index contributed by atoms with van der Waals surface area (Å²) in [7, 11) is 1.99. The summed E-state index contributed by atoms with van der Waals surface area (Å²) in [6.45, 7) is 4.43. The first-order valence-electron chi connectivity index (χ1n) is 9.17. The Labute approximate surface area is 154 Å². The number of nitrogens with zero attached hydrogens (tertiary/aromatic N) is 5. The van der Waals surface area contributed by atoms with Gasteiger partial charge in [0.1, 0.15) is 0 Å². The van der Waals surface area contributed by atoms with Crippen LogP contribution in [0.4, 0.5) is 0 Å². The van der Waals surface area contributed by atoms with E-state index >= 15 is 0 Å². The summed E-state index contributed by atoms with van der Waals surface area (Å²) < 4.78 is 9.90. The molecule has 0 amide bonds. The predicted octanol–water partition coefficient (Wildman–Crippen LogP) is 2.57. The van der Waals surface area contributed by atoms with Crippen LogP contribution in [0.25, 0.3) is 11.3 Å². The van der Waals surface area contributed by atoms with Crippen LogP contribution in [0.2, 0.25) is 0 Å². The van der Waals surface area contributed by atoms with Gasteiger partial charge < -0.3 is 4.74 Å². The number of ether oxygens (including phenoxy) is 1. The molecule has 1 aromatic carbocycles. The second kappa shape index (κ2) is 7.85. The second-order valence-corrected chi connectivity index (χ2v) is 6.85. The van der Waals surface area contributed by atoms with Crippen molar-refractivity contribution in [1.29, 1.82) is 0 Å². The normalized spacial score (nSPS) is 18.7. The highest BCUT2D eigenvalue weighted by atomic mass is 16.5. The van der Waals surface area contributed by atoms with E-state index in [0.717, 1.165) is 44.9 Å². The van der Waals surface area contributed by atoms with Crippen molar-refractivity contribution < 1.29 is 4.74 Å². The van der Waals surface area contributed by atoms with E-state index in [1.807, 2.05) is 40.9 Å². The van der Waals surface area contributed by atoms with E-state index in [2.05, 4.69) is 40.5 Å². The van der Waals surface area contributed by atoms with Crippen LogP contribution in [0.5, 0.6) is 0 Å². The maximum Gasteiger partial charge on any atom is 0.0968 e. The van der Waals surface area contributed by atoms with Crippen molar-refractivity contribution in [3.8, 4) is 11.3 Å². The molecule has 1 saturated heterocycles. The maximum atomic E-state index is 6.04. The van der Waals surface area contributed by atoms with Crippen molar-refractivity contribution in [3.05, 3.63) is 60.6 Å². The van der Waals surface area contributed by atoms with Gasteiger partial charge in [-0.1, -0.05) is 30.3 Å². The Morgan fingerprint density at radius 3 is 2.88 bits per heavy atom. The van der Waals surface area contributed by atoms with Crippen LogP contribution >= 0.6 is 0 Å². The van der Waals surface area contributed by atoms with Gasteiger partial charge in [0, 0.05) is 63.0 Å². The van der Waals surface area contributed by atoms with Gasteiger partial charge in [0.25, 0.3) is 0 Å². The zero-order valence-corrected chi connectivity index (χ0v) is 15.2. The summed E-state index contributed by atoms with van der Waals surface area (Å²) >= 11 is 0. The molecule has 1 aliphatic rings. The topological polar surface area (TPSA) is 48.1 Å². The highest BCUT2D eigenvalue weighted by Gasteiger charge is 2.21. The monoisotopic (exact) mass is 351 g/mol. The second-order valence-electron chi connectivity index (χ2n) is 6.85. The van der Waals surface area contributed by atoms with Crippen molar-refractivity contribution >= 4 is 0 Å². The fourth-order valence-corrected chi connectivity index (χ4v) is 3.57. The SMILES string of the molecule is Cn1cc(CN2CCCO[C@@H](Cn3cccn3)C2)c(-c2ccccc2)n1. The number of benzene rings is 1. The molecule has 26 heavy (non-hydrogen) atoms. The van der Waals surface area contributed by atoms with E-state index in [4.69, 9.17) is 9.84 Å². The Morgan fingerprint density at radius 1 is 1.19 bits per heavy atom.